The number of aromatic nitrogens is 2. The molecule has 0 saturated carbocycles. The van der Waals surface area contributed by atoms with E-state index in [0.717, 1.165) is 17.6 Å². The van der Waals surface area contributed by atoms with Gasteiger partial charge in [-0.05, 0) is 39.2 Å². The number of benzene rings is 1. The van der Waals surface area contributed by atoms with Crippen LogP contribution in [0.3, 0.4) is 0 Å². The predicted octanol–water partition coefficient (Wildman–Crippen LogP) is 2.99. The van der Waals surface area contributed by atoms with Crippen molar-refractivity contribution >= 4 is 40.4 Å². The van der Waals surface area contributed by atoms with Gasteiger partial charge in [-0.25, -0.2) is 4.98 Å². The van der Waals surface area contributed by atoms with E-state index >= 15 is 0 Å². The van der Waals surface area contributed by atoms with Gasteiger partial charge in [-0.3, -0.25) is 4.79 Å². The van der Waals surface area contributed by atoms with Gasteiger partial charge in [0.25, 0.3) is 0 Å². The Morgan fingerprint density at radius 3 is 2.86 bits per heavy atom. The Balaban J connectivity index is 2.46. The molecule has 1 aromatic heterocycles. The number of rotatable bonds is 6. The molecule has 7 heteroatoms. The van der Waals surface area contributed by atoms with Crippen LogP contribution in [0.5, 0.6) is 0 Å². The fraction of sp³-hybridized carbons (Fsp3) is 0.429. The van der Waals surface area contributed by atoms with Crippen molar-refractivity contribution in [3.63, 3.8) is 0 Å². The second kappa shape index (κ2) is 6.68. The smallest absolute Gasteiger partial charge is 0.313 e. The summed E-state index contributed by atoms with van der Waals surface area (Å²) in [6, 6.07) is 5.75. The molecule has 0 radical (unpaired) electrons. The SMILES string of the molecule is CC(CN(C)C)n1c(SCC(=O)O)nc2cc(Cl)ccc21. The number of hydrogen-bond donors (Lipinski definition) is 1. The van der Waals surface area contributed by atoms with Gasteiger partial charge in [0.05, 0.1) is 16.8 Å². The topological polar surface area (TPSA) is 58.4 Å². The van der Waals surface area contributed by atoms with Crippen molar-refractivity contribution in [2.24, 2.45) is 0 Å². The second-order valence-corrected chi connectivity index (χ2v) is 6.57. The number of imidazole rings is 1. The second-order valence-electron chi connectivity index (χ2n) is 5.19. The number of carbonyl (C=O) groups is 1. The van der Waals surface area contributed by atoms with Crippen molar-refractivity contribution in [1.82, 2.24) is 14.5 Å². The number of fused-ring (bicyclic) bond motifs is 1. The molecule has 21 heavy (non-hydrogen) atoms. The summed E-state index contributed by atoms with van der Waals surface area (Å²) in [5.74, 6) is -0.858. The molecule has 0 amide bonds. The average molecular weight is 328 g/mol. The molecule has 5 nitrogen and oxygen atoms in total. The highest BCUT2D eigenvalue weighted by Crippen LogP contribution is 2.29. The first kappa shape index (κ1) is 16.1. The summed E-state index contributed by atoms with van der Waals surface area (Å²) in [5, 5.41) is 10.2. The van der Waals surface area contributed by atoms with Crippen LogP contribution in [0.15, 0.2) is 23.4 Å². The van der Waals surface area contributed by atoms with Crippen molar-refractivity contribution in [2.75, 3.05) is 26.4 Å². The minimum Gasteiger partial charge on any atom is -0.481 e. The van der Waals surface area contributed by atoms with E-state index in [-0.39, 0.29) is 11.8 Å². The first-order valence-electron chi connectivity index (χ1n) is 6.55. The number of aliphatic carboxylic acids is 1. The van der Waals surface area contributed by atoms with Gasteiger partial charge in [0.2, 0.25) is 0 Å². The number of likely N-dealkylation sites (N-methyl/N-ethyl adjacent to an activating group) is 1. The number of halogens is 1. The molecule has 0 fully saturated rings. The van der Waals surface area contributed by atoms with Crippen molar-refractivity contribution in [3.8, 4) is 0 Å². The highest BCUT2D eigenvalue weighted by atomic mass is 35.5. The van der Waals surface area contributed by atoms with Gasteiger partial charge < -0.3 is 14.6 Å². The van der Waals surface area contributed by atoms with E-state index in [4.69, 9.17) is 16.7 Å². The Bertz CT molecular complexity index is 657. The van der Waals surface area contributed by atoms with E-state index in [1.165, 1.54) is 11.8 Å². The Labute approximate surface area is 132 Å². The zero-order valence-electron chi connectivity index (χ0n) is 12.2. The molecular formula is C14H18ClN3O2S. The lowest BCUT2D eigenvalue weighted by Crippen LogP contribution is -2.23. The normalized spacial score (nSPS) is 13.0. The van der Waals surface area contributed by atoms with E-state index in [1.807, 2.05) is 26.2 Å². The molecule has 0 aliphatic rings. The molecule has 0 saturated heterocycles. The monoisotopic (exact) mass is 327 g/mol. The zero-order valence-corrected chi connectivity index (χ0v) is 13.8. The molecule has 1 aromatic carbocycles. The Morgan fingerprint density at radius 2 is 2.24 bits per heavy atom. The molecule has 0 spiro atoms. The van der Waals surface area contributed by atoms with E-state index < -0.39 is 5.97 Å². The largest absolute Gasteiger partial charge is 0.481 e. The van der Waals surface area contributed by atoms with Crippen molar-refractivity contribution in [3.05, 3.63) is 23.2 Å². The van der Waals surface area contributed by atoms with Gasteiger partial charge in [-0.2, -0.15) is 0 Å². The minimum absolute atomic E-state index is 0.00820. The van der Waals surface area contributed by atoms with Crippen LogP contribution in [0.25, 0.3) is 11.0 Å². The van der Waals surface area contributed by atoms with Crippen LogP contribution in [0.2, 0.25) is 5.02 Å². The molecular weight excluding hydrogens is 310 g/mol. The molecule has 2 rings (SSSR count). The summed E-state index contributed by atoms with van der Waals surface area (Å²) in [5.41, 5.74) is 1.77. The summed E-state index contributed by atoms with van der Waals surface area (Å²) in [6.07, 6.45) is 0. The molecule has 1 unspecified atom stereocenters. The van der Waals surface area contributed by atoms with E-state index in [1.54, 1.807) is 6.07 Å². The zero-order chi connectivity index (χ0) is 15.6. The summed E-state index contributed by atoms with van der Waals surface area (Å²) in [4.78, 5) is 17.4. The lowest BCUT2D eigenvalue weighted by molar-refractivity contribution is -0.133. The fourth-order valence-corrected chi connectivity index (χ4v) is 3.31. The standard InChI is InChI=1S/C14H18ClN3O2S/c1-9(7-17(2)3)18-12-5-4-10(15)6-11(12)16-14(18)21-8-13(19)20/h4-6,9H,7-8H2,1-3H3,(H,19,20). The van der Waals surface area contributed by atoms with Crippen LogP contribution < -0.4 is 0 Å². The Kier molecular flexibility index (Phi) is 5.13. The third kappa shape index (κ3) is 3.90. The average Bonchev–Trinajstić information content (AvgIpc) is 2.72. The first-order chi connectivity index (χ1) is 9.88. The number of carboxylic acids is 1. The van der Waals surface area contributed by atoms with Gasteiger partial charge >= 0.3 is 5.97 Å². The summed E-state index contributed by atoms with van der Waals surface area (Å²) >= 11 is 7.25. The maximum atomic E-state index is 10.8. The maximum Gasteiger partial charge on any atom is 0.313 e. The molecule has 1 heterocycles. The highest BCUT2D eigenvalue weighted by Gasteiger charge is 2.18. The van der Waals surface area contributed by atoms with E-state index in [9.17, 15) is 4.79 Å². The predicted molar refractivity (Wildman–Crippen MR) is 86.4 cm³/mol. The quantitative estimate of drug-likeness (QED) is 0.826. The molecule has 114 valence electrons. The van der Waals surface area contributed by atoms with Crippen LogP contribution in [-0.4, -0.2) is 51.9 Å². The summed E-state index contributed by atoms with van der Waals surface area (Å²) in [6.45, 7) is 2.94. The fourth-order valence-electron chi connectivity index (χ4n) is 2.31. The van der Waals surface area contributed by atoms with E-state index in [2.05, 4.69) is 21.4 Å². The lowest BCUT2D eigenvalue weighted by atomic mass is 10.2. The van der Waals surface area contributed by atoms with Gasteiger partial charge in [-0.15, -0.1) is 0 Å². The molecule has 1 N–H and O–H groups in total. The number of nitrogens with zero attached hydrogens (tertiary/aromatic N) is 3. The first-order valence-corrected chi connectivity index (χ1v) is 7.91. The van der Waals surface area contributed by atoms with Gasteiger partial charge in [0.15, 0.2) is 5.16 Å². The third-order valence-corrected chi connectivity index (χ3v) is 4.19. The highest BCUT2D eigenvalue weighted by molar-refractivity contribution is 7.99. The lowest BCUT2D eigenvalue weighted by Gasteiger charge is -2.21. The van der Waals surface area contributed by atoms with E-state index in [0.29, 0.717) is 10.2 Å². The maximum absolute atomic E-state index is 10.8. The molecule has 1 atom stereocenters. The van der Waals surface area contributed by atoms with Crippen molar-refractivity contribution in [2.45, 2.75) is 18.1 Å². The molecule has 0 aliphatic carbocycles. The van der Waals surface area contributed by atoms with Crippen LogP contribution in [0.1, 0.15) is 13.0 Å². The third-order valence-electron chi connectivity index (χ3n) is 3.01. The van der Waals surface area contributed by atoms with Crippen LogP contribution >= 0.6 is 23.4 Å². The van der Waals surface area contributed by atoms with Crippen LogP contribution in [0, 0.1) is 0 Å². The molecule has 2 aromatic rings. The van der Waals surface area contributed by atoms with Gasteiger partial charge in [0, 0.05) is 17.6 Å². The number of carboxylic acid groups (broad SMARTS) is 1. The summed E-state index contributed by atoms with van der Waals surface area (Å²) < 4.78 is 2.08. The van der Waals surface area contributed by atoms with Gasteiger partial charge in [-0.1, -0.05) is 23.4 Å². The molecule has 0 bridgehead atoms. The van der Waals surface area contributed by atoms with Gasteiger partial charge in [0.1, 0.15) is 0 Å². The minimum atomic E-state index is -0.850. The molecule has 0 aliphatic heterocycles. The van der Waals surface area contributed by atoms with Crippen molar-refractivity contribution < 1.29 is 9.90 Å². The number of thioether (sulfide) groups is 1. The number of hydrogen-bond acceptors (Lipinski definition) is 4. The Hall–Kier alpha value is -1.24. The van der Waals surface area contributed by atoms with Crippen LogP contribution in [0.4, 0.5) is 0 Å². The van der Waals surface area contributed by atoms with Crippen molar-refractivity contribution in [1.29, 1.82) is 0 Å². The Morgan fingerprint density at radius 1 is 1.52 bits per heavy atom. The van der Waals surface area contributed by atoms with Crippen LogP contribution in [-0.2, 0) is 4.79 Å². The summed E-state index contributed by atoms with van der Waals surface area (Å²) in [7, 11) is 4.02.